The summed E-state index contributed by atoms with van der Waals surface area (Å²) < 4.78 is 0. The van der Waals surface area contributed by atoms with Gasteiger partial charge in [-0.2, -0.15) is 5.26 Å². The van der Waals surface area contributed by atoms with Crippen LogP contribution in [-0.4, -0.2) is 11.2 Å². The summed E-state index contributed by atoms with van der Waals surface area (Å²) in [4.78, 5) is 0. The van der Waals surface area contributed by atoms with E-state index < -0.39 is 0 Å². The fourth-order valence-electron chi connectivity index (χ4n) is 2.42. The lowest BCUT2D eigenvalue weighted by molar-refractivity contribution is 0.412. The zero-order valence-corrected chi connectivity index (χ0v) is 11.8. The van der Waals surface area contributed by atoms with Gasteiger partial charge in [-0.3, -0.25) is 0 Å². The van der Waals surface area contributed by atoms with Crippen LogP contribution in [0.3, 0.4) is 0 Å². The maximum Gasteiger partial charge on any atom is 0.166 e. The number of nitrogens with zero attached hydrogens (tertiary/aromatic N) is 1. The van der Waals surface area contributed by atoms with Crippen LogP contribution in [-0.2, 0) is 6.54 Å². The predicted molar refractivity (Wildman–Crippen MR) is 80.6 cm³/mol. The van der Waals surface area contributed by atoms with E-state index >= 15 is 0 Å². The van der Waals surface area contributed by atoms with Gasteiger partial charge in [0.1, 0.15) is 0 Å². The molecular weight excluding hydrogens is 254 g/mol. The number of nitrogens with one attached hydrogen (secondary N) is 2. The Balaban J connectivity index is 1.78. The molecule has 0 aromatic heterocycles. The van der Waals surface area contributed by atoms with Crippen molar-refractivity contribution in [3.8, 4) is 6.07 Å². The summed E-state index contributed by atoms with van der Waals surface area (Å²) >= 11 is 5.31. The molecule has 0 saturated heterocycles. The van der Waals surface area contributed by atoms with E-state index in [4.69, 9.17) is 17.5 Å². The van der Waals surface area contributed by atoms with Crippen LogP contribution in [0.25, 0.3) is 0 Å². The molecule has 2 rings (SSSR count). The van der Waals surface area contributed by atoms with E-state index in [0.717, 1.165) is 5.56 Å². The van der Waals surface area contributed by atoms with Crippen molar-refractivity contribution in [3.63, 3.8) is 0 Å². The van der Waals surface area contributed by atoms with Crippen molar-refractivity contribution in [2.45, 2.75) is 44.7 Å². The van der Waals surface area contributed by atoms with Gasteiger partial charge in [0.15, 0.2) is 5.11 Å². The molecule has 3 nitrogen and oxygen atoms in total. The maximum atomic E-state index is 8.85. The zero-order chi connectivity index (χ0) is 13.5. The van der Waals surface area contributed by atoms with Crippen molar-refractivity contribution in [1.82, 2.24) is 10.6 Å². The lowest BCUT2D eigenvalue weighted by Crippen LogP contribution is -2.42. The molecule has 19 heavy (non-hydrogen) atoms. The molecule has 1 aliphatic rings. The van der Waals surface area contributed by atoms with Crippen molar-refractivity contribution in [3.05, 3.63) is 35.4 Å². The van der Waals surface area contributed by atoms with Gasteiger partial charge < -0.3 is 10.6 Å². The van der Waals surface area contributed by atoms with E-state index in [1.807, 2.05) is 24.3 Å². The minimum absolute atomic E-state index is 0.527. The molecule has 4 heteroatoms. The summed E-state index contributed by atoms with van der Waals surface area (Å²) in [6.45, 7) is 0.661. The van der Waals surface area contributed by atoms with Gasteiger partial charge in [0, 0.05) is 12.6 Å². The van der Waals surface area contributed by atoms with Crippen molar-refractivity contribution < 1.29 is 0 Å². The van der Waals surface area contributed by atoms with E-state index in [2.05, 4.69) is 16.7 Å². The van der Waals surface area contributed by atoms with Crippen LogP contribution in [0.15, 0.2) is 24.3 Å². The minimum atomic E-state index is 0.527. The fraction of sp³-hybridized carbons (Fsp3) is 0.467. The SMILES string of the molecule is N#Cc1cccc(CNC(=S)NC2CCCCC2)c1. The highest BCUT2D eigenvalue weighted by atomic mass is 32.1. The Hall–Kier alpha value is -1.60. The molecule has 0 atom stereocenters. The molecule has 0 bridgehead atoms. The monoisotopic (exact) mass is 273 g/mol. The van der Waals surface area contributed by atoms with Gasteiger partial charge in [0.2, 0.25) is 0 Å². The molecule has 0 aliphatic heterocycles. The molecule has 1 aromatic carbocycles. The first kappa shape index (κ1) is 13.8. The highest BCUT2D eigenvalue weighted by Crippen LogP contribution is 2.17. The summed E-state index contributed by atoms with van der Waals surface area (Å²) in [5.74, 6) is 0. The second kappa shape index (κ2) is 7.10. The van der Waals surface area contributed by atoms with E-state index in [0.29, 0.717) is 23.3 Å². The fourth-order valence-corrected chi connectivity index (χ4v) is 2.66. The highest BCUT2D eigenvalue weighted by molar-refractivity contribution is 7.80. The maximum absolute atomic E-state index is 8.85. The largest absolute Gasteiger partial charge is 0.360 e. The standard InChI is InChI=1S/C15H19N3S/c16-10-12-5-4-6-13(9-12)11-17-15(19)18-14-7-2-1-3-8-14/h4-6,9,14H,1-3,7-8,11H2,(H2,17,18,19). The molecule has 1 aliphatic carbocycles. The Morgan fingerprint density at radius 2 is 2.11 bits per heavy atom. The minimum Gasteiger partial charge on any atom is -0.360 e. The number of hydrogen-bond acceptors (Lipinski definition) is 2. The highest BCUT2D eigenvalue weighted by Gasteiger charge is 2.13. The molecule has 100 valence electrons. The summed E-state index contributed by atoms with van der Waals surface area (Å²) in [7, 11) is 0. The summed E-state index contributed by atoms with van der Waals surface area (Å²) in [5.41, 5.74) is 1.76. The van der Waals surface area contributed by atoms with Crippen molar-refractivity contribution in [1.29, 1.82) is 5.26 Å². The second-order valence-corrected chi connectivity index (χ2v) is 5.38. The molecule has 1 aromatic rings. The number of rotatable bonds is 3. The number of thiocarbonyl (C=S) groups is 1. The second-order valence-electron chi connectivity index (χ2n) is 4.97. The van der Waals surface area contributed by atoms with E-state index in [9.17, 15) is 0 Å². The van der Waals surface area contributed by atoms with Crippen molar-refractivity contribution >= 4 is 17.3 Å². The lowest BCUT2D eigenvalue weighted by atomic mass is 9.96. The number of benzene rings is 1. The van der Waals surface area contributed by atoms with Crippen LogP contribution in [0.5, 0.6) is 0 Å². The first-order chi connectivity index (χ1) is 9.28. The Labute approximate surface area is 120 Å². The van der Waals surface area contributed by atoms with Gasteiger partial charge in [0.25, 0.3) is 0 Å². The Morgan fingerprint density at radius 1 is 1.32 bits per heavy atom. The van der Waals surface area contributed by atoms with E-state index in [-0.39, 0.29) is 0 Å². The van der Waals surface area contributed by atoms with E-state index in [1.165, 1.54) is 32.1 Å². The molecule has 0 unspecified atom stereocenters. The molecule has 1 fully saturated rings. The quantitative estimate of drug-likeness (QED) is 0.831. The molecule has 1 saturated carbocycles. The van der Waals surface area contributed by atoms with Gasteiger partial charge >= 0.3 is 0 Å². The average Bonchev–Trinajstić information content (AvgIpc) is 2.46. The Morgan fingerprint density at radius 3 is 2.84 bits per heavy atom. The Kier molecular flexibility index (Phi) is 5.17. The van der Waals surface area contributed by atoms with Crippen LogP contribution in [0, 0.1) is 11.3 Å². The van der Waals surface area contributed by atoms with Gasteiger partial charge in [0.05, 0.1) is 11.6 Å². The average molecular weight is 273 g/mol. The normalized spacial score (nSPS) is 15.5. The third-order valence-corrected chi connectivity index (χ3v) is 3.71. The molecule has 0 spiro atoms. The molecular formula is C15H19N3S. The number of nitriles is 1. The molecule has 0 radical (unpaired) electrons. The van der Waals surface area contributed by atoms with Crippen molar-refractivity contribution in [2.75, 3.05) is 0 Å². The van der Waals surface area contributed by atoms with Gasteiger partial charge in [-0.15, -0.1) is 0 Å². The van der Waals surface area contributed by atoms with Crippen LogP contribution in [0.1, 0.15) is 43.2 Å². The zero-order valence-electron chi connectivity index (χ0n) is 11.0. The predicted octanol–water partition coefficient (Wildman–Crippen LogP) is 2.86. The van der Waals surface area contributed by atoms with Gasteiger partial charge in [-0.25, -0.2) is 0 Å². The van der Waals surface area contributed by atoms with Crippen LogP contribution < -0.4 is 10.6 Å². The first-order valence-electron chi connectivity index (χ1n) is 6.81. The summed E-state index contributed by atoms with van der Waals surface area (Å²) in [5, 5.41) is 16.1. The van der Waals surface area contributed by atoms with Crippen LogP contribution in [0.4, 0.5) is 0 Å². The van der Waals surface area contributed by atoms with Gasteiger partial charge in [-0.05, 0) is 42.8 Å². The van der Waals surface area contributed by atoms with Gasteiger partial charge in [-0.1, -0.05) is 31.4 Å². The topological polar surface area (TPSA) is 47.9 Å². The summed E-state index contributed by atoms with van der Waals surface area (Å²) in [6.07, 6.45) is 6.37. The smallest absolute Gasteiger partial charge is 0.166 e. The van der Waals surface area contributed by atoms with E-state index in [1.54, 1.807) is 0 Å². The number of hydrogen-bond donors (Lipinski definition) is 2. The van der Waals surface area contributed by atoms with Crippen molar-refractivity contribution in [2.24, 2.45) is 0 Å². The third kappa shape index (κ3) is 4.53. The Bertz CT molecular complexity index is 473. The first-order valence-corrected chi connectivity index (χ1v) is 7.22. The molecule has 0 amide bonds. The van der Waals surface area contributed by atoms with Crippen LogP contribution in [0.2, 0.25) is 0 Å². The molecule has 0 heterocycles. The molecule has 2 N–H and O–H groups in total. The summed E-state index contributed by atoms with van der Waals surface area (Å²) in [6, 6.07) is 10.3. The third-order valence-electron chi connectivity index (χ3n) is 3.45. The van der Waals surface area contributed by atoms with Crippen LogP contribution >= 0.6 is 12.2 Å². The lowest BCUT2D eigenvalue weighted by Gasteiger charge is -2.24.